The zero-order chi connectivity index (χ0) is 14.7. The standard InChI is InChI=1S/C14H24N6/c1-6-12-14(10(3)15-4)13(7-2)20(17-12)9-11-8-19(5)18-16-11/h8,10,15H,6-7,9H2,1-5H3. The summed E-state index contributed by atoms with van der Waals surface area (Å²) in [5.41, 5.74) is 4.74. The molecule has 1 atom stereocenters. The predicted octanol–water partition coefficient (Wildman–Crippen LogP) is 1.47. The van der Waals surface area contributed by atoms with E-state index >= 15 is 0 Å². The van der Waals surface area contributed by atoms with Crippen molar-refractivity contribution in [3.8, 4) is 0 Å². The van der Waals surface area contributed by atoms with Crippen molar-refractivity contribution in [3.05, 3.63) is 28.8 Å². The number of nitrogens with zero attached hydrogens (tertiary/aromatic N) is 5. The van der Waals surface area contributed by atoms with Gasteiger partial charge in [-0.1, -0.05) is 19.1 Å². The second kappa shape index (κ2) is 6.17. The molecule has 0 fully saturated rings. The molecule has 2 aromatic rings. The molecular formula is C14H24N6. The molecule has 2 heterocycles. The summed E-state index contributed by atoms with van der Waals surface area (Å²) in [4.78, 5) is 0. The first-order chi connectivity index (χ1) is 9.60. The normalized spacial score (nSPS) is 12.8. The van der Waals surface area contributed by atoms with Gasteiger partial charge in [0.05, 0.1) is 12.2 Å². The number of aryl methyl sites for hydroxylation is 2. The molecule has 2 rings (SSSR count). The smallest absolute Gasteiger partial charge is 0.104 e. The Labute approximate surface area is 120 Å². The van der Waals surface area contributed by atoms with Gasteiger partial charge in [-0.25, -0.2) is 0 Å². The third-order valence-electron chi connectivity index (χ3n) is 3.67. The summed E-state index contributed by atoms with van der Waals surface area (Å²) >= 11 is 0. The Hall–Kier alpha value is -1.69. The molecule has 0 radical (unpaired) electrons. The van der Waals surface area contributed by atoms with Gasteiger partial charge in [-0.15, -0.1) is 5.10 Å². The highest BCUT2D eigenvalue weighted by Crippen LogP contribution is 2.23. The lowest BCUT2D eigenvalue weighted by Crippen LogP contribution is -2.16. The Morgan fingerprint density at radius 2 is 2.05 bits per heavy atom. The number of aromatic nitrogens is 5. The van der Waals surface area contributed by atoms with Crippen molar-refractivity contribution in [2.24, 2.45) is 7.05 Å². The van der Waals surface area contributed by atoms with Crippen LogP contribution in [-0.2, 0) is 26.4 Å². The molecule has 6 heteroatoms. The minimum absolute atomic E-state index is 0.315. The number of nitrogens with one attached hydrogen (secondary N) is 1. The zero-order valence-corrected chi connectivity index (χ0v) is 13.0. The lowest BCUT2D eigenvalue weighted by Gasteiger charge is -2.13. The lowest BCUT2D eigenvalue weighted by molar-refractivity contribution is 0.613. The summed E-state index contributed by atoms with van der Waals surface area (Å²) in [5.74, 6) is 0. The van der Waals surface area contributed by atoms with E-state index in [0.717, 1.165) is 18.5 Å². The molecular weight excluding hydrogens is 252 g/mol. The average Bonchev–Trinajstić information content (AvgIpc) is 3.01. The second-order valence-electron chi connectivity index (χ2n) is 5.07. The van der Waals surface area contributed by atoms with Crippen molar-refractivity contribution in [1.29, 1.82) is 0 Å². The maximum Gasteiger partial charge on any atom is 0.104 e. The Morgan fingerprint density at radius 1 is 1.30 bits per heavy atom. The molecule has 0 amide bonds. The molecule has 0 aliphatic rings. The lowest BCUT2D eigenvalue weighted by atomic mass is 10.0. The maximum absolute atomic E-state index is 4.77. The van der Waals surface area contributed by atoms with Gasteiger partial charge >= 0.3 is 0 Å². The molecule has 0 aromatic carbocycles. The molecule has 0 saturated heterocycles. The molecule has 6 nitrogen and oxygen atoms in total. The minimum Gasteiger partial charge on any atom is -0.313 e. The quantitative estimate of drug-likeness (QED) is 0.868. The minimum atomic E-state index is 0.315. The highest BCUT2D eigenvalue weighted by Gasteiger charge is 2.20. The van der Waals surface area contributed by atoms with Crippen molar-refractivity contribution in [1.82, 2.24) is 30.1 Å². The van der Waals surface area contributed by atoms with Crippen LogP contribution < -0.4 is 5.32 Å². The first-order valence-electron chi connectivity index (χ1n) is 7.21. The van der Waals surface area contributed by atoms with Crippen LogP contribution in [0.2, 0.25) is 0 Å². The Balaban J connectivity index is 2.40. The highest BCUT2D eigenvalue weighted by atomic mass is 15.4. The highest BCUT2D eigenvalue weighted by molar-refractivity contribution is 5.30. The van der Waals surface area contributed by atoms with Crippen LogP contribution in [0.5, 0.6) is 0 Å². The summed E-state index contributed by atoms with van der Waals surface area (Å²) < 4.78 is 3.80. The first kappa shape index (κ1) is 14.7. The Morgan fingerprint density at radius 3 is 2.55 bits per heavy atom. The number of hydrogen-bond donors (Lipinski definition) is 1. The molecule has 1 unspecified atom stereocenters. The van der Waals surface area contributed by atoms with Gasteiger partial charge in [0.25, 0.3) is 0 Å². The van der Waals surface area contributed by atoms with E-state index in [9.17, 15) is 0 Å². The summed E-state index contributed by atoms with van der Waals surface area (Å²) in [6.45, 7) is 7.19. The van der Waals surface area contributed by atoms with Crippen molar-refractivity contribution >= 4 is 0 Å². The van der Waals surface area contributed by atoms with Crippen LogP contribution in [0.4, 0.5) is 0 Å². The van der Waals surface area contributed by atoms with Gasteiger partial charge < -0.3 is 5.32 Å². The summed E-state index contributed by atoms with van der Waals surface area (Å²) in [6.07, 6.45) is 3.85. The third kappa shape index (κ3) is 2.75. The maximum atomic E-state index is 4.77. The largest absolute Gasteiger partial charge is 0.313 e. The fourth-order valence-corrected chi connectivity index (χ4v) is 2.60. The van der Waals surface area contributed by atoms with Gasteiger partial charge in [0.2, 0.25) is 0 Å². The topological polar surface area (TPSA) is 60.6 Å². The number of hydrogen-bond acceptors (Lipinski definition) is 4. The second-order valence-corrected chi connectivity index (χ2v) is 5.07. The predicted molar refractivity (Wildman–Crippen MR) is 78.6 cm³/mol. The fourth-order valence-electron chi connectivity index (χ4n) is 2.60. The van der Waals surface area contributed by atoms with Crippen LogP contribution in [0, 0.1) is 0 Å². The Bertz CT molecular complexity index is 568. The van der Waals surface area contributed by atoms with Crippen molar-refractivity contribution in [3.63, 3.8) is 0 Å². The van der Waals surface area contributed by atoms with Crippen LogP contribution in [-0.4, -0.2) is 31.8 Å². The van der Waals surface area contributed by atoms with Crippen molar-refractivity contribution in [2.45, 2.75) is 46.2 Å². The van der Waals surface area contributed by atoms with Crippen LogP contribution >= 0.6 is 0 Å². The van der Waals surface area contributed by atoms with Gasteiger partial charge in [-0.3, -0.25) is 9.36 Å². The molecule has 2 aromatic heterocycles. The molecule has 20 heavy (non-hydrogen) atoms. The monoisotopic (exact) mass is 276 g/mol. The molecule has 0 saturated carbocycles. The van der Waals surface area contributed by atoms with Gasteiger partial charge in [-0.2, -0.15) is 5.10 Å². The molecule has 0 aliphatic carbocycles. The third-order valence-corrected chi connectivity index (χ3v) is 3.67. The summed E-state index contributed by atoms with van der Waals surface area (Å²) in [5, 5.41) is 16.2. The van der Waals surface area contributed by atoms with Crippen LogP contribution in [0.1, 0.15) is 49.5 Å². The van der Waals surface area contributed by atoms with Gasteiger partial charge in [-0.05, 0) is 26.8 Å². The fraction of sp³-hybridized carbons (Fsp3) is 0.643. The van der Waals surface area contributed by atoms with E-state index in [2.05, 4.69) is 41.1 Å². The van der Waals surface area contributed by atoms with E-state index < -0.39 is 0 Å². The molecule has 110 valence electrons. The van der Waals surface area contributed by atoms with E-state index in [1.807, 2.05) is 20.3 Å². The number of rotatable bonds is 6. The van der Waals surface area contributed by atoms with E-state index in [1.54, 1.807) is 4.68 Å². The molecule has 0 bridgehead atoms. The van der Waals surface area contributed by atoms with Crippen molar-refractivity contribution in [2.75, 3.05) is 7.05 Å². The SMILES string of the molecule is CCc1nn(Cc2cn(C)nn2)c(CC)c1C(C)NC. The first-order valence-corrected chi connectivity index (χ1v) is 7.21. The summed E-state index contributed by atoms with van der Waals surface area (Å²) in [6, 6.07) is 0.315. The van der Waals surface area contributed by atoms with Gasteiger partial charge in [0.15, 0.2) is 0 Å². The zero-order valence-electron chi connectivity index (χ0n) is 13.0. The Kier molecular flexibility index (Phi) is 4.54. The molecule has 0 spiro atoms. The van der Waals surface area contributed by atoms with E-state index in [0.29, 0.717) is 12.6 Å². The van der Waals surface area contributed by atoms with Crippen LogP contribution in [0.3, 0.4) is 0 Å². The average molecular weight is 276 g/mol. The molecule has 1 N–H and O–H groups in total. The summed E-state index contributed by atoms with van der Waals surface area (Å²) in [7, 11) is 3.87. The molecule has 0 aliphatic heterocycles. The van der Waals surface area contributed by atoms with Crippen molar-refractivity contribution < 1.29 is 0 Å². The van der Waals surface area contributed by atoms with E-state index in [4.69, 9.17) is 5.10 Å². The van der Waals surface area contributed by atoms with E-state index in [-0.39, 0.29) is 0 Å². The van der Waals surface area contributed by atoms with Crippen LogP contribution in [0.15, 0.2) is 6.20 Å². The van der Waals surface area contributed by atoms with E-state index in [1.165, 1.54) is 17.0 Å². The van der Waals surface area contributed by atoms with Crippen LogP contribution in [0.25, 0.3) is 0 Å². The van der Waals surface area contributed by atoms with Gasteiger partial charge in [0.1, 0.15) is 5.69 Å². The van der Waals surface area contributed by atoms with Gasteiger partial charge in [0, 0.05) is 30.5 Å².